The first-order valence-electron chi connectivity index (χ1n) is 6.34. The molecular formula is C14H21N3O2. The molecule has 1 aromatic carbocycles. The Hall–Kier alpha value is -2.04. The van der Waals surface area contributed by atoms with E-state index in [1.54, 1.807) is 11.9 Å². The molecule has 0 heterocycles. The van der Waals surface area contributed by atoms with Crippen molar-refractivity contribution in [3.8, 4) is 0 Å². The van der Waals surface area contributed by atoms with Gasteiger partial charge in [0.25, 0.3) is 0 Å². The molecule has 0 fully saturated rings. The van der Waals surface area contributed by atoms with Crippen molar-refractivity contribution in [3.63, 3.8) is 0 Å². The molecule has 0 bridgehead atoms. The summed E-state index contributed by atoms with van der Waals surface area (Å²) < 4.78 is 0. The van der Waals surface area contributed by atoms with Gasteiger partial charge in [-0.3, -0.25) is 4.79 Å². The van der Waals surface area contributed by atoms with Crippen LogP contribution in [0.2, 0.25) is 0 Å². The molecule has 3 N–H and O–H groups in total. The van der Waals surface area contributed by atoms with Crippen LogP contribution >= 0.6 is 0 Å². The summed E-state index contributed by atoms with van der Waals surface area (Å²) in [5.74, 6) is -0.204. The minimum atomic E-state index is -0.959. The Morgan fingerprint density at radius 1 is 1.32 bits per heavy atom. The smallest absolute Gasteiger partial charge is 0.240 e. The lowest BCUT2D eigenvalue weighted by molar-refractivity contribution is -0.125. The van der Waals surface area contributed by atoms with Crippen LogP contribution in [0.25, 0.3) is 0 Å². The van der Waals surface area contributed by atoms with Crippen LogP contribution in [0.1, 0.15) is 26.7 Å². The summed E-state index contributed by atoms with van der Waals surface area (Å²) in [6.07, 6.45) is 0.963. The number of hydrogen-bond donors (Lipinski definition) is 2. The number of amides is 1. The fourth-order valence-electron chi connectivity index (χ4n) is 2.21. The number of nitrogens with zero attached hydrogens (tertiary/aromatic N) is 2. The second kappa shape index (κ2) is 6.22. The van der Waals surface area contributed by atoms with Gasteiger partial charge >= 0.3 is 0 Å². The number of nitrogens with two attached hydrogens (primary N) is 1. The number of amidine groups is 1. The van der Waals surface area contributed by atoms with Crippen molar-refractivity contribution in [1.29, 1.82) is 0 Å². The maximum Gasteiger partial charge on any atom is 0.240 e. The second-order valence-corrected chi connectivity index (χ2v) is 4.47. The summed E-state index contributed by atoms with van der Waals surface area (Å²) in [7, 11) is 1.70. The molecule has 0 spiro atoms. The summed E-state index contributed by atoms with van der Waals surface area (Å²) in [6, 6.07) is 9.31. The van der Waals surface area contributed by atoms with Crippen LogP contribution in [0.5, 0.6) is 0 Å². The summed E-state index contributed by atoms with van der Waals surface area (Å²) in [4.78, 5) is 14.2. The molecule has 0 aliphatic carbocycles. The van der Waals surface area contributed by atoms with Crippen molar-refractivity contribution in [2.45, 2.75) is 26.7 Å². The summed E-state index contributed by atoms with van der Waals surface area (Å²) in [5, 5.41) is 12.0. The minimum absolute atomic E-state index is 0.0368. The van der Waals surface area contributed by atoms with Crippen molar-refractivity contribution in [2.75, 3.05) is 11.9 Å². The lowest BCUT2D eigenvalue weighted by atomic mass is 9.79. The number of hydrogen-bond acceptors (Lipinski definition) is 3. The summed E-state index contributed by atoms with van der Waals surface area (Å²) >= 11 is 0. The predicted octanol–water partition coefficient (Wildman–Crippen LogP) is 2.20. The number of oxime groups is 1. The van der Waals surface area contributed by atoms with Crippen molar-refractivity contribution >= 4 is 17.4 Å². The van der Waals surface area contributed by atoms with E-state index in [1.807, 2.05) is 44.2 Å². The third-order valence-corrected chi connectivity index (χ3v) is 3.66. The van der Waals surface area contributed by atoms with Crippen LogP contribution in [-0.2, 0) is 4.79 Å². The Labute approximate surface area is 113 Å². The van der Waals surface area contributed by atoms with Crippen LogP contribution in [0.15, 0.2) is 35.5 Å². The normalized spacial score (nSPS) is 12.3. The van der Waals surface area contributed by atoms with E-state index < -0.39 is 5.41 Å². The quantitative estimate of drug-likeness (QED) is 0.370. The first-order valence-corrected chi connectivity index (χ1v) is 6.34. The molecule has 1 amide bonds. The number of rotatable bonds is 5. The molecule has 0 aliphatic rings. The molecule has 0 radical (unpaired) electrons. The van der Waals surface area contributed by atoms with E-state index in [2.05, 4.69) is 5.16 Å². The van der Waals surface area contributed by atoms with E-state index >= 15 is 0 Å². The molecule has 1 rings (SSSR count). The molecular weight excluding hydrogens is 242 g/mol. The molecule has 0 saturated heterocycles. The maximum atomic E-state index is 12.7. The topological polar surface area (TPSA) is 78.9 Å². The zero-order valence-electron chi connectivity index (χ0n) is 11.6. The number of carbonyl (C=O) groups excluding carboxylic acids is 1. The highest BCUT2D eigenvalue weighted by Crippen LogP contribution is 2.31. The van der Waals surface area contributed by atoms with Crippen molar-refractivity contribution in [1.82, 2.24) is 0 Å². The predicted molar refractivity (Wildman–Crippen MR) is 76.3 cm³/mol. The van der Waals surface area contributed by atoms with Gasteiger partial charge < -0.3 is 15.8 Å². The maximum absolute atomic E-state index is 12.7. The molecule has 0 aliphatic heterocycles. The van der Waals surface area contributed by atoms with E-state index in [0.717, 1.165) is 5.69 Å². The summed E-state index contributed by atoms with van der Waals surface area (Å²) in [5.41, 5.74) is 5.57. The highest BCUT2D eigenvalue weighted by atomic mass is 16.4. The van der Waals surface area contributed by atoms with Crippen LogP contribution in [0, 0.1) is 5.41 Å². The molecule has 0 saturated carbocycles. The Kier molecular flexibility index (Phi) is 4.92. The zero-order valence-corrected chi connectivity index (χ0v) is 11.6. The first-order chi connectivity index (χ1) is 9.03. The standard InChI is InChI=1S/C14H21N3O2/c1-4-14(5-2,12(15)16-19)13(18)17(3)11-9-7-6-8-10-11/h6-10,19H,4-5H2,1-3H3,(H2,15,16). The molecule has 0 atom stereocenters. The van der Waals surface area contributed by atoms with Gasteiger partial charge in [0.1, 0.15) is 5.41 Å². The van der Waals surface area contributed by atoms with Crippen LogP contribution in [0.4, 0.5) is 5.69 Å². The van der Waals surface area contributed by atoms with E-state index in [0.29, 0.717) is 12.8 Å². The Morgan fingerprint density at radius 3 is 2.26 bits per heavy atom. The summed E-state index contributed by atoms with van der Waals surface area (Å²) in [6.45, 7) is 3.72. The molecule has 1 aromatic rings. The molecule has 104 valence electrons. The Morgan fingerprint density at radius 2 is 1.84 bits per heavy atom. The van der Waals surface area contributed by atoms with Crippen LogP contribution < -0.4 is 10.6 Å². The van der Waals surface area contributed by atoms with Gasteiger partial charge in [0.05, 0.1) is 0 Å². The highest BCUT2D eigenvalue weighted by Gasteiger charge is 2.41. The van der Waals surface area contributed by atoms with E-state index in [-0.39, 0.29) is 11.7 Å². The monoisotopic (exact) mass is 263 g/mol. The largest absolute Gasteiger partial charge is 0.409 e. The van der Waals surface area contributed by atoms with E-state index in [9.17, 15) is 4.79 Å². The van der Waals surface area contributed by atoms with Crippen molar-refractivity contribution in [3.05, 3.63) is 30.3 Å². The molecule has 0 aromatic heterocycles. The average Bonchev–Trinajstić information content (AvgIpc) is 2.48. The van der Waals surface area contributed by atoms with E-state index in [1.165, 1.54) is 0 Å². The molecule has 0 unspecified atom stereocenters. The van der Waals surface area contributed by atoms with Gasteiger partial charge in [-0.1, -0.05) is 37.2 Å². The lowest BCUT2D eigenvalue weighted by Crippen LogP contribution is -2.50. The van der Waals surface area contributed by atoms with Crippen LogP contribution in [-0.4, -0.2) is 24.0 Å². The third kappa shape index (κ3) is 2.70. The highest BCUT2D eigenvalue weighted by molar-refractivity contribution is 6.12. The van der Waals surface area contributed by atoms with Crippen molar-refractivity contribution < 1.29 is 10.0 Å². The van der Waals surface area contributed by atoms with Gasteiger partial charge in [0, 0.05) is 12.7 Å². The fraction of sp³-hybridized carbons (Fsp3) is 0.429. The van der Waals surface area contributed by atoms with Gasteiger partial charge in [-0.05, 0) is 25.0 Å². The fourth-order valence-corrected chi connectivity index (χ4v) is 2.21. The van der Waals surface area contributed by atoms with Gasteiger partial charge in [-0.2, -0.15) is 0 Å². The van der Waals surface area contributed by atoms with Gasteiger partial charge in [0.15, 0.2) is 5.84 Å². The van der Waals surface area contributed by atoms with Gasteiger partial charge in [0.2, 0.25) is 5.91 Å². The first kappa shape index (κ1) is 15.0. The molecule has 5 heteroatoms. The molecule has 19 heavy (non-hydrogen) atoms. The lowest BCUT2D eigenvalue weighted by Gasteiger charge is -2.33. The molecule has 5 nitrogen and oxygen atoms in total. The number of anilines is 1. The SMILES string of the molecule is CCC(CC)(C(=O)N(C)c1ccccc1)C(N)=NO. The number of carbonyl (C=O) groups is 1. The number of para-hydroxylation sites is 1. The number of benzene rings is 1. The average molecular weight is 263 g/mol. The van der Waals surface area contributed by atoms with Gasteiger partial charge in [-0.15, -0.1) is 0 Å². The third-order valence-electron chi connectivity index (χ3n) is 3.66. The van der Waals surface area contributed by atoms with Gasteiger partial charge in [-0.25, -0.2) is 0 Å². The Bertz CT molecular complexity index is 453. The minimum Gasteiger partial charge on any atom is -0.409 e. The zero-order chi connectivity index (χ0) is 14.5. The second-order valence-electron chi connectivity index (χ2n) is 4.47. The van der Waals surface area contributed by atoms with E-state index in [4.69, 9.17) is 10.9 Å². The van der Waals surface area contributed by atoms with Crippen molar-refractivity contribution in [2.24, 2.45) is 16.3 Å². The van der Waals surface area contributed by atoms with Crippen LogP contribution in [0.3, 0.4) is 0 Å². The Balaban J connectivity index is 3.15.